The lowest BCUT2D eigenvalue weighted by Crippen LogP contribution is -2.37. The summed E-state index contributed by atoms with van der Waals surface area (Å²) in [5.74, 6) is -1.41. The van der Waals surface area contributed by atoms with E-state index in [9.17, 15) is 14.4 Å². The van der Waals surface area contributed by atoms with Gasteiger partial charge in [0.1, 0.15) is 0 Å². The number of aliphatic carboxylic acids is 1. The largest absolute Gasteiger partial charge is 0.478 e. The van der Waals surface area contributed by atoms with Gasteiger partial charge in [-0.25, -0.2) is 9.59 Å². The summed E-state index contributed by atoms with van der Waals surface area (Å²) >= 11 is 1.21. The van der Waals surface area contributed by atoms with Crippen LogP contribution in [0.4, 0.5) is 4.79 Å². The van der Waals surface area contributed by atoms with Gasteiger partial charge in [0.05, 0.1) is 4.88 Å². The Morgan fingerprint density at radius 1 is 1.32 bits per heavy atom. The number of primary amides is 1. The number of nitrogens with two attached hydrogens (primary N) is 1. The zero-order valence-electron chi connectivity index (χ0n) is 9.88. The molecule has 0 bridgehead atoms. The third-order valence-electron chi connectivity index (χ3n) is 2.02. The first kappa shape index (κ1) is 14.7. The summed E-state index contributed by atoms with van der Waals surface area (Å²) < 4.78 is 0. The highest BCUT2D eigenvalue weighted by molar-refractivity contribution is 7.12. The summed E-state index contributed by atoms with van der Waals surface area (Å²) in [6, 6.07) is 0.996. The lowest BCUT2D eigenvalue weighted by atomic mass is 10.2. The first-order valence-electron chi connectivity index (χ1n) is 5.30. The van der Waals surface area contributed by atoms with Crippen molar-refractivity contribution in [1.82, 2.24) is 10.6 Å². The number of carbonyl (C=O) groups is 3. The van der Waals surface area contributed by atoms with Gasteiger partial charge in [0.25, 0.3) is 5.91 Å². The van der Waals surface area contributed by atoms with Gasteiger partial charge in [-0.1, -0.05) is 0 Å². The Bertz CT molecular complexity index is 510. The molecule has 1 rings (SSSR count). The summed E-state index contributed by atoms with van der Waals surface area (Å²) in [6.45, 7) is 0.467. The second kappa shape index (κ2) is 7.17. The fraction of sp³-hybridized carbons (Fsp3) is 0.182. The number of hydrogen-bond donors (Lipinski definition) is 4. The summed E-state index contributed by atoms with van der Waals surface area (Å²) in [7, 11) is 0. The fourth-order valence-corrected chi connectivity index (χ4v) is 2.04. The molecular formula is C11H13N3O4S. The molecule has 0 aliphatic heterocycles. The van der Waals surface area contributed by atoms with Gasteiger partial charge in [-0.05, 0) is 23.1 Å². The molecule has 0 fully saturated rings. The maximum Gasteiger partial charge on any atom is 0.328 e. The topological polar surface area (TPSA) is 122 Å². The van der Waals surface area contributed by atoms with Crippen LogP contribution in [0.1, 0.15) is 15.2 Å². The van der Waals surface area contributed by atoms with Gasteiger partial charge in [0.15, 0.2) is 0 Å². The second-order valence-corrected chi connectivity index (χ2v) is 4.34. The van der Waals surface area contributed by atoms with Crippen molar-refractivity contribution >= 4 is 35.3 Å². The van der Waals surface area contributed by atoms with Crippen molar-refractivity contribution < 1.29 is 19.5 Å². The van der Waals surface area contributed by atoms with E-state index in [2.05, 4.69) is 10.6 Å². The molecule has 0 unspecified atom stereocenters. The molecule has 0 radical (unpaired) electrons. The highest BCUT2D eigenvalue weighted by Gasteiger charge is 2.11. The van der Waals surface area contributed by atoms with Crippen molar-refractivity contribution in [2.45, 2.75) is 0 Å². The highest BCUT2D eigenvalue weighted by atomic mass is 32.1. The summed E-state index contributed by atoms with van der Waals surface area (Å²) in [6.07, 6.45) is 2.32. The molecule has 3 amide bonds. The minimum absolute atomic E-state index is 0.229. The molecular weight excluding hydrogens is 270 g/mol. The number of thiophene rings is 1. The predicted octanol–water partition coefficient (Wildman–Crippen LogP) is 0.244. The fourth-order valence-electron chi connectivity index (χ4n) is 1.24. The van der Waals surface area contributed by atoms with Crippen molar-refractivity contribution in [2.24, 2.45) is 5.73 Å². The standard InChI is InChI=1S/C11H13N3O4S/c12-11(18)14-5-4-13-10(17)9-7(3-6-19-9)1-2-8(15)16/h1-3,6H,4-5H2,(H,13,17)(H,15,16)(H3,12,14,18)/b2-1+. The zero-order chi connectivity index (χ0) is 14.3. The zero-order valence-corrected chi connectivity index (χ0v) is 10.7. The van der Waals surface area contributed by atoms with E-state index in [1.54, 1.807) is 11.4 Å². The van der Waals surface area contributed by atoms with E-state index in [1.807, 2.05) is 0 Å². The van der Waals surface area contributed by atoms with Crippen LogP contribution in [0.5, 0.6) is 0 Å². The van der Waals surface area contributed by atoms with Gasteiger partial charge in [0.2, 0.25) is 0 Å². The van der Waals surface area contributed by atoms with Gasteiger partial charge in [-0.15, -0.1) is 11.3 Å². The number of carboxylic acids is 1. The molecule has 8 heteroatoms. The number of nitrogens with one attached hydrogen (secondary N) is 2. The summed E-state index contributed by atoms with van der Waals surface area (Å²) in [5.41, 5.74) is 5.41. The van der Waals surface area contributed by atoms with Crippen LogP contribution < -0.4 is 16.4 Å². The van der Waals surface area contributed by atoms with Gasteiger partial charge >= 0.3 is 12.0 Å². The van der Waals surface area contributed by atoms with Crippen molar-refractivity contribution in [3.63, 3.8) is 0 Å². The maximum absolute atomic E-state index is 11.8. The van der Waals surface area contributed by atoms with Crippen molar-refractivity contribution in [1.29, 1.82) is 0 Å². The third-order valence-corrected chi connectivity index (χ3v) is 2.95. The molecule has 1 heterocycles. The van der Waals surface area contributed by atoms with Crippen LogP contribution in [0.15, 0.2) is 17.5 Å². The molecule has 0 saturated carbocycles. The number of hydrogen-bond acceptors (Lipinski definition) is 4. The van der Waals surface area contributed by atoms with E-state index in [1.165, 1.54) is 17.4 Å². The molecule has 0 atom stereocenters. The second-order valence-electron chi connectivity index (χ2n) is 3.42. The van der Waals surface area contributed by atoms with E-state index in [0.717, 1.165) is 6.08 Å². The van der Waals surface area contributed by atoms with Gasteiger partial charge in [-0.2, -0.15) is 0 Å². The van der Waals surface area contributed by atoms with Crippen molar-refractivity contribution in [3.8, 4) is 0 Å². The number of carboxylic acid groups (broad SMARTS) is 1. The Balaban J connectivity index is 2.55. The van der Waals surface area contributed by atoms with E-state index in [-0.39, 0.29) is 19.0 Å². The monoisotopic (exact) mass is 283 g/mol. The average Bonchev–Trinajstić information content (AvgIpc) is 2.79. The highest BCUT2D eigenvalue weighted by Crippen LogP contribution is 2.18. The Morgan fingerprint density at radius 2 is 2.00 bits per heavy atom. The first-order valence-corrected chi connectivity index (χ1v) is 6.18. The van der Waals surface area contributed by atoms with Crippen LogP contribution in [-0.2, 0) is 4.79 Å². The van der Waals surface area contributed by atoms with Crippen LogP contribution in [0.25, 0.3) is 6.08 Å². The molecule has 0 aliphatic carbocycles. The molecule has 102 valence electrons. The first-order chi connectivity index (χ1) is 9.00. The summed E-state index contributed by atoms with van der Waals surface area (Å²) in [5, 5.41) is 15.1. The Labute approximate surface area is 113 Å². The van der Waals surface area contributed by atoms with Crippen molar-refractivity contribution in [3.05, 3.63) is 28.0 Å². The molecule has 19 heavy (non-hydrogen) atoms. The molecule has 0 aromatic carbocycles. The number of rotatable bonds is 6. The van der Waals surface area contributed by atoms with Gasteiger partial charge in [0, 0.05) is 19.2 Å². The van der Waals surface area contributed by atoms with E-state index in [4.69, 9.17) is 10.8 Å². The lowest BCUT2D eigenvalue weighted by molar-refractivity contribution is -0.131. The van der Waals surface area contributed by atoms with E-state index < -0.39 is 12.0 Å². The summed E-state index contributed by atoms with van der Waals surface area (Å²) in [4.78, 5) is 33.0. The van der Waals surface area contributed by atoms with Crippen LogP contribution in [0.2, 0.25) is 0 Å². The minimum atomic E-state index is -1.08. The normalized spacial score (nSPS) is 10.3. The quantitative estimate of drug-likeness (QED) is 0.441. The third kappa shape index (κ3) is 5.21. The molecule has 0 saturated heterocycles. The van der Waals surface area contributed by atoms with Crippen LogP contribution in [0, 0.1) is 0 Å². The van der Waals surface area contributed by atoms with Gasteiger partial charge in [-0.3, -0.25) is 4.79 Å². The number of urea groups is 1. The number of carbonyl (C=O) groups excluding carboxylic acids is 2. The molecule has 0 aliphatic rings. The smallest absolute Gasteiger partial charge is 0.328 e. The SMILES string of the molecule is NC(=O)NCCNC(=O)c1sccc1/C=C/C(=O)O. The van der Waals surface area contributed by atoms with E-state index >= 15 is 0 Å². The van der Waals surface area contributed by atoms with Gasteiger partial charge < -0.3 is 21.5 Å². The average molecular weight is 283 g/mol. The van der Waals surface area contributed by atoms with Crippen molar-refractivity contribution in [2.75, 3.05) is 13.1 Å². The predicted molar refractivity (Wildman–Crippen MR) is 70.9 cm³/mol. The molecule has 1 aromatic heterocycles. The molecule has 1 aromatic rings. The molecule has 7 nitrogen and oxygen atoms in total. The Morgan fingerprint density at radius 3 is 2.63 bits per heavy atom. The maximum atomic E-state index is 11.8. The van der Waals surface area contributed by atoms with Crippen LogP contribution in [0.3, 0.4) is 0 Å². The Hall–Kier alpha value is -2.35. The lowest BCUT2D eigenvalue weighted by Gasteiger charge is -2.04. The molecule has 0 spiro atoms. The number of amides is 3. The van der Waals surface area contributed by atoms with Crippen LogP contribution >= 0.6 is 11.3 Å². The van der Waals surface area contributed by atoms with E-state index in [0.29, 0.717) is 10.4 Å². The van der Waals surface area contributed by atoms with Crippen LogP contribution in [-0.4, -0.2) is 36.1 Å². The molecule has 5 N–H and O–H groups in total. The minimum Gasteiger partial charge on any atom is -0.478 e. The Kier molecular flexibility index (Phi) is 5.55.